The second-order valence-corrected chi connectivity index (χ2v) is 7.21. The van der Waals surface area contributed by atoms with E-state index in [9.17, 15) is 8.42 Å². The molecule has 1 fully saturated rings. The molecule has 0 bridgehead atoms. The lowest BCUT2D eigenvalue weighted by molar-refractivity contribution is 0.422. The average molecular weight is 274 g/mol. The number of thiophene rings is 1. The fraction of sp³-hybridized carbons (Fsp3) is 0.636. The Hall–Kier alpha value is -0.430. The van der Waals surface area contributed by atoms with Crippen LogP contribution in [0.5, 0.6) is 0 Å². The molecule has 1 aliphatic rings. The number of hydrogen-bond donors (Lipinski definition) is 2. The van der Waals surface area contributed by atoms with Crippen molar-refractivity contribution < 1.29 is 8.42 Å². The minimum Gasteiger partial charge on any atom is -0.313 e. The van der Waals surface area contributed by atoms with E-state index in [0.717, 1.165) is 30.7 Å². The largest absolute Gasteiger partial charge is 0.313 e. The molecule has 2 N–H and O–H groups in total. The first-order valence-corrected chi connectivity index (χ1v) is 8.42. The third kappa shape index (κ3) is 4.39. The van der Waals surface area contributed by atoms with Crippen LogP contribution >= 0.6 is 11.3 Å². The number of nitrogens with one attached hydrogen (secondary N) is 2. The van der Waals surface area contributed by atoms with E-state index < -0.39 is 10.0 Å². The Balaban J connectivity index is 1.81. The van der Waals surface area contributed by atoms with Gasteiger partial charge in [0.05, 0.1) is 5.75 Å². The smallest absolute Gasteiger partial charge is 0.213 e. The number of rotatable bonds is 5. The molecule has 17 heavy (non-hydrogen) atoms. The highest BCUT2D eigenvalue weighted by Gasteiger charge is 2.20. The van der Waals surface area contributed by atoms with Crippen molar-refractivity contribution in [1.29, 1.82) is 0 Å². The van der Waals surface area contributed by atoms with Crippen molar-refractivity contribution in [2.75, 3.05) is 12.3 Å². The van der Waals surface area contributed by atoms with Crippen molar-refractivity contribution in [3.8, 4) is 0 Å². The Labute approximate surface area is 106 Å². The third-order valence-corrected chi connectivity index (χ3v) is 5.18. The second kappa shape index (κ2) is 5.95. The van der Waals surface area contributed by atoms with Crippen LogP contribution in [0.2, 0.25) is 0 Å². The number of piperidine rings is 1. The van der Waals surface area contributed by atoms with Gasteiger partial charge in [0.2, 0.25) is 10.0 Å². The molecule has 2 rings (SSSR count). The van der Waals surface area contributed by atoms with Gasteiger partial charge in [-0.3, -0.25) is 0 Å². The van der Waals surface area contributed by atoms with Crippen molar-refractivity contribution in [3.63, 3.8) is 0 Å². The molecule has 0 amide bonds. The van der Waals surface area contributed by atoms with Crippen LogP contribution < -0.4 is 10.0 Å². The fourth-order valence-corrected chi connectivity index (χ4v) is 4.03. The Bertz CT molecular complexity index is 422. The summed E-state index contributed by atoms with van der Waals surface area (Å²) in [6.45, 7) is 1.35. The van der Waals surface area contributed by atoms with Gasteiger partial charge in [-0.1, -0.05) is 12.5 Å². The van der Waals surface area contributed by atoms with Gasteiger partial charge in [0.15, 0.2) is 0 Å². The van der Waals surface area contributed by atoms with E-state index in [1.807, 2.05) is 17.5 Å². The lowest BCUT2D eigenvalue weighted by atomic mass is 10.1. The minimum atomic E-state index is -3.16. The molecule has 6 heteroatoms. The summed E-state index contributed by atoms with van der Waals surface area (Å²) in [6.07, 6.45) is 3.23. The Morgan fingerprint density at radius 2 is 2.35 bits per heavy atom. The fourth-order valence-electron chi connectivity index (χ4n) is 1.98. The maximum absolute atomic E-state index is 11.8. The summed E-state index contributed by atoms with van der Waals surface area (Å²) in [5.41, 5.74) is 0. The molecular formula is C11H18N2O2S2. The number of sulfonamides is 1. The Morgan fingerprint density at radius 1 is 1.47 bits per heavy atom. The van der Waals surface area contributed by atoms with Crippen molar-refractivity contribution in [3.05, 3.63) is 22.4 Å². The zero-order chi connectivity index (χ0) is 12.1. The predicted molar refractivity (Wildman–Crippen MR) is 70.6 cm³/mol. The zero-order valence-corrected chi connectivity index (χ0v) is 11.3. The van der Waals surface area contributed by atoms with E-state index in [2.05, 4.69) is 10.0 Å². The van der Waals surface area contributed by atoms with Crippen LogP contribution in [0.15, 0.2) is 17.5 Å². The third-order valence-electron chi connectivity index (χ3n) is 2.88. The Kier molecular flexibility index (Phi) is 4.55. The summed E-state index contributed by atoms with van der Waals surface area (Å²) in [7, 11) is -3.16. The first-order valence-electron chi connectivity index (χ1n) is 5.89. The van der Waals surface area contributed by atoms with Gasteiger partial charge >= 0.3 is 0 Å². The average Bonchev–Trinajstić information content (AvgIpc) is 2.80. The maximum Gasteiger partial charge on any atom is 0.213 e. The quantitative estimate of drug-likeness (QED) is 0.851. The van der Waals surface area contributed by atoms with Gasteiger partial charge in [-0.25, -0.2) is 13.1 Å². The van der Waals surface area contributed by atoms with Crippen molar-refractivity contribution in [2.24, 2.45) is 0 Å². The molecule has 1 aromatic rings. The van der Waals surface area contributed by atoms with Crippen LogP contribution in [-0.2, 0) is 16.6 Å². The molecule has 1 saturated heterocycles. The number of hydrogen-bond acceptors (Lipinski definition) is 4. The van der Waals surface area contributed by atoms with Gasteiger partial charge in [0, 0.05) is 17.5 Å². The van der Waals surface area contributed by atoms with Crippen LogP contribution in [0.3, 0.4) is 0 Å². The van der Waals surface area contributed by atoms with Gasteiger partial charge in [-0.05, 0) is 30.8 Å². The standard InChI is InChI=1S/C11H18N2O2S2/c14-17(15,9-10-4-1-2-6-12-10)13-8-11-5-3-7-16-11/h3,5,7,10,12-13H,1-2,4,6,8-9H2. The van der Waals surface area contributed by atoms with E-state index >= 15 is 0 Å². The molecule has 1 aliphatic heterocycles. The lowest BCUT2D eigenvalue weighted by Crippen LogP contribution is -2.42. The highest BCUT2D eigenvalue weighted by atomic mass is 32.2. The first-order chi connectivity index (χ1) is 8.16. The molecule has 1 aromatic heterocycles. The van der Waals surface area contributed by atoms with Crippen LogP contribution in [0.25, 0.3) is 0 Å². The monoisotopic (exact) mass is 274 g/mol. The second-order valence-electron chi connectivity index (χ2n) is 4.33. The first kappa shape index (κ1) is 13.0. The zero-order valence-electron chi connectivity index (χ0n) is 9.69. The summed E-state index contributed by atoms with van der Waals surface area (Å²) >= 11 is 1.57. The predicted octanol–water partition coefficient (Wildman–Crippen LogP) is 1.31. The van der Waals surface area contributed by atoms with Gasteiger partial charge in [0.1, 0.15) is 0 Å². The van der Waals surface area contributed by atoms with Gasteiger partial charge in [0.25, 0.3) is 0 Å². The molecule has 1 atom stereocenters. The van der Waals surface area contributed by atoms with Gasteiger partial charge in [-0.15, -0.1) is 11.3 Å². The van der Waals surface area contributed by atoms with Crippen LogP contribution in [-0.4, -0.2) is 26.8 Å². The van der Waals surface area contributed by atoms with E-state index in [4.69, 9.17) is 0 Å². The molecule has 1 unspecified atom stereocenters. The van der Waals surface area contributed by atoms with E-state index in [-0.39, 0.29) is 11.8 Å². The molecule has 0 aromatic carbocycles. The van der Waals surface area contributed by atoms with Gasteiger partial charge in [-0.2, -0.15) is 0 Å². The molecule has 0 aliphatic carbocycles. The Morgan fingerprint density at radius 3 is 3.00 bits per heavy atom. The van der Waals surface area contributed by atoms with Gasteiger partial charge < -0.3 is 5.32 Å². The molecule has 0 saturated carbocycles. The maximum atomic E-state index is 11.8. The normalized spacial score (nSPS) is 21.5. The lowest BCUT2D eigenvalue weighted by Gasteiger charge is -2.23. The summed E-state index contributed by atoms with van der Waals surface area (Å²) in [5.74, 6) is 0.193. The molecule has 0 radical (unpaired) electrons. The summed E-state index contributed by atoms with van der Waals surface area (Å²) in [5, 5.41) is 5.20. The van der Waals surface area contributed by atoms with E-state index in [1.54, 1.807) is 11.3 Å². The SMILES string of the molecule is O=S(=O)(CC1CCCCN1)NCc1cccs1. The van der Waals surface area contributed by atoms with Crippen LogP contribution in [0.4, 0.5) is 0 Å². The molecule has 0 spiro atoms. The molecule has 96 valence electrons. The summed E-state index contributed by atoms with van der Waals surface area (Å²) in [4.78, 5) is 1.05. The molecule has 4 nitrogen and oxygen atoms in total. The summed E-state index contributed by atoms with van der Waals surface area (Å²) in [6, 6.07) is 3.98. The molecule has 2 heterocycles. The highest BCUT2D eigenvalue weighted by Crippen LogP contribution is 2.10. The van der Waals surface area contributed by atoms with Crippen LogP contribution in [0, 0.1) is 0 Å². The minimum absolute atomic E-state index is 0.115. The van der Waals surface area contributed by atoms with E-state index in [1.165, 1.54) is 0 Å². The summed E-state index contributed by atoms with van der Waals surface area (Å²) < 4.78 is 26.3. The van der Waals surface area contributed by atoms with Crippen molar-refractivity contribution in [1.82, 2.24) is 10.0 Å². The van der Waals surface area contributed by atoms with E-state index in [0.29, 0.717) is 6.54 Å². The van der Waals surface area contributed by atoms with Crippen molar-refractivity contribution in [2.45, 2.75) is 31.8 Å². The van der Waals surface area contributed by atoms with Crippen molar-refractivity contribution >= 4 is 21.4 Å². The topological polar surface area (TPSA) is 58.2 Å². The molecular weight excluding hydrogens is 256 g/mol. The highest BCUT2D eigenvalue weighted by molar-refractivity contribution is 7.89. The van der Waals surface area contributed by atoms with Crippen LogP contribution in [0.1, 0.15) is 24.1 Å².